The minimum Gasteiger partial charge on any atom is -0.545 e. The van der Waals surface area contributed by atoms with Gasteiger partial charge in [0.1, 0.15) is 0 Å². The van der Waals surface area contributed by atoms with Crippen molar-refractivity contribution in [3.05, 3.63) is 40.4 Å². The van der Waals surface area contributed by atoms with Gasteiger partial charge in [0.2, 0.25) is 5.91 Å². The molecule has 1 amide bonds. The van der Waals surface area contributed by atoms with Crippen molar-refractivity contribution < 1.29 is 24.6 Å². The second-order valence-electron chi connectivity index (χ2n) is 3.12. The first kappa shape index (κ1) is 13.9. The molecule has 7 heteroatoms. The molecular weight excluding hydrogens is 306 g/mol. The van der Waals surface area contributed by atoms with Gasteiger partial charge in [-0.1, -0.05) is 15.9 Å². The molecular formula is C11H6BrNO5-2. The minimum atomic E-state index is -1.53. The Morgan fingerprint density at radius 2 is 1.83 bits per heavy atom. The van der Waals surface area contributed by atoms with Crippen LogP contribution in [0, 0.1) is 0 Å². The van der Waals surface area contributed by atoms with Crippen molar-refractivity contribution in [3.8, 4) is 0 Å². The second kappa shape index (κ2) is 5.97. The maximum absolute atomic E-state index is 11.3. The van der Waals surface area contributed by atoms with Gasteiger partial charge in [-0.3, -0.25) is 4.79 Å². The number of carbonyl (C=O) groups is 3. The molecule has 1 rings (SSSR count). The molecule has 0 aliphatic heterocycles. The number of carboxylic acid groups (broad SMARTS) is 2. The van der Waals surface area contributed by atoms with Gasteiger partial charge in [0.05, 0.1) is 17.6 Å². The zero-order valence-corrected chi connectivity index (χ0v) is 10.4. The summed E-state index contributed by atoms with van der Waals surface area (Å²) in [6.45, 7) is 0. The maximum Gasteiger partial charge on any atom is 0.248 e. The van der Waals surface area contributed by atoms with Gasteiger partial charge in [0, 0.05) is 16.1 Å². The Kier molecular flexibility index (Phi) is 4.61. The van der Waals surface area contributed by atoms with E-state index in [2.05, 4.69) is 21.2 Å². The summed E-state index contributed by atoms with van der Waals surface area (Å²) in [6, 6.07) is 4.12. The molecule has 0 aliphatic carbocycles. The van der Waals surface area contributed by atoms with Crippen LogP contribution in [0.15, 0.2) is 34.8 Å². The van der Waals surface area contributed by atoms with Crippen LogP contribution in [0.25, 0.3) is 0 Å². The molecule has 0 radical (unpaired) electrons. The molecule has 0 heterocycles. The van der Waals surface area contributed by atoms with Gasteiger partial charge in [-0.05, 0) is 24.3 Å². The Morgan fingerprint density at radius 1 is 1.17 bits per heavy atom. The van der Waals surface area contributed by atoms with Crippen LogP contribution >= 0.6 is 15.9 Å². The molecule has 0 spiro atoms. The smallest absolute Gasteiger partial charge is 0.248 e. The Bertz CT molecular complexity index is 538. The number of amides is 1. The summed E-state index contributed by atoms with van der Waals surface area (Å²) < 4.78 is 0.505. The van der Waals surface area contributed by atoms with E-state index in [-0.39, 0.29) is 11.3 Å². The number of benzene rings is 1. The Morgan fingerprint density at radius 3 is 2.39 bits per heavy atom. The van der Waals surface area contributed by atoms with E-state index in [0.29, 0.717) is 10.5 Å². The van der Waals surface area contributed by atoms with Crippen molar-refractivity contribution in [3.63, 3.8) is 0 Å². The molecule has 0 saturated carbocycles. The van der Waals surface area contributed by atoms with E-state index in [9.17, 15) is 24.6 Å². The largest absolute Gasteiger partial charge is 0.545 e. The first-order valence-corrected chi connectivity index (χ1v) is 5.40. The van der Waals surface area contributed by atoms with Crippen molar-refractivity contribution >= 4 is 39.5 Å². The number of aliphatic carboxylic acids is 1. The fourth-order valence-electron chi connectivity index (χ4n) is 1.11. The predicted octanol–water partition coefficient (Wildman–Crippen LogP) is -0.943. The van der Waals surface area contributed by atoms with E-state index < -0.39 is 17.8 Å². The lowest BCUT2D eigenvalue weighted by Gasteiger charge is -2.11. The average Bonchev–Trinajstić information content (AvgIpc) is 2.28. The number of nitrogens with one attached hydrogen (secondary N) is 1. The normalized spacial score (nSPS) is 10.3. The first-order chi connectivity index (χ1) is 8.40. The van der Waals surface area contributed by atoms with Gasteiger partial charge < -0.3 is 25.1 Å². The Labute approximate surface area is 110 Å². The molecule has 0 atom stereocenters. The Hall–Kier alpha value is -2.15. The van der Waals surface area contributed by atoms with Crippen molar-refractivity contribution in [1.29, 1.82) is 0 Å². The summed E-state index contributed by atoms with van der Waals surface area (Å²) >= 11 is 3.08. The zero-order valence-electron chi connectivity index (χ0n) is 8.81. The molecule has 18 heavy (non-hydrogen) atoms. The van der Waals surface area contributed by atoms with Gasteiger partial charge in [-0.25, -0.2) is 0 Å². The molecule has 0 aromatic heterocycles. The van der Waals surface area contributed by atoms with E-state index >= 15 is 0 Å². The molecule has 0 saturated heterocycles. The predicted molar refractivity (Wildman–Crippen MR) is 61.2 cm³/mol. The van der Waals surface area contributed by atoms with E-state index in [0.717, 1.165) is 6.08 Å². The highest BCUT2D eigenvalue weighted by Crippen LogP contribution is 2.20. The highest BCUT2D eigenvalue weighted by Gasteiger charge is 2.06. The van der Waals surface area contributed by atoms with Crippen LogP contribution in [0.4, 0.5) is 5.69 Å². The van der Waals surface area contributed by atoms with Crippen LogP contribution in [0.1, 0.15) is 10.4 Å². The summed E-state index contributed by atoms with van der Waals surface area (Å²) in [5.41, 5.74) is -0.217. The van der Waals surface area contributed by atoms with Crippen LogP contribution in [-0.4, -0.2) is 17.8 Å². The lowest BCUT2D eigenvalue weighted by molar-refractivity contribution is -0.297. The number of rotatable bonds is 4. The maximum atomic E-state index is 11.3. The number of anilines is 1. The Balaban J connectivity index is 2.94. The number of carboxylic acids is 2. The molecule has 0 aliphatic rings. The quantitative estimate of drug-likeness (QED) is 0.721. The van der Waals surface area contributed by atoms with Crippen molar-refractivity contribution in [2.45, 2.75) is 0 Å². The summed E-state index contributed by atoms with van der Waals surface area (Å²) in [5, 5.41) is 23.1. The summed E-state index contributed by atoms with van der Waals surface area (Å²) in [6.07, 6.45) is 1.25. The molecule has 0 bridgehead atoms. The third-order valence-electron chi connectivity index (χ3n) is 1.83. The van der Waals surface area contributed by atoms with Gasteiger partial charge in [0.25, 0.3) is 0 Å². The molecule has 0 unspecified atom stereocenters. The van der Waals surface area contributed by atoms with Crippen LogP contribution < -0.4 is 15.5 Å². The molecule has 94 valence electrons. The van der Waals surface area contributed by atoms with Crippen molar-refractivity contribution in [2.24, 2.45) is 0 Å². The average molecular weight is 312 g/mol. The number of aromatic carboxylic acids is 1. The van der Waals surface area contributed by atoms with E-state index in [1.54, 1.807) is 0 Å². The number of hydrogen-bond donors (Lipinski definition) is 1. The van der Waals surface area contributed by atoms with Gasteiger partial charge in [-0.15, -0.1) is 0 Å². The second-order valence-corrected chi connectivity index (χ2v) is 4.03. The monoisotopic (exact) mass is 311 g/mol. The van der Waals surface area contributed by atoms with Gasteiger partial charge in [-0.2, -0.15) is 0 Å². The van der Waals surface area contributed by atoms with Crippen LogP contribution in [0.5, 0.6) is 0 Å². The topological polar surface area (TPSA) is 109 Å². The molecule has 1 aromatic rings. The molecule has 6 nitrogen and oxygen atoms in total. The van der Waals surface area contributed by atoms with Crippen LogP contribution in [0.3, 0.4) is 0 Å². The zero-order chi connectivity index (χ0) is 13.7. The van der Waals surface area contributed by atoms with Gasteiger partial charge >= 0.3 is 0 Å². The fourth-order valence-corrected chi connectivity index (χ4v) is 1.47. The lowest BCUT2D eigenvalue weighted by Crippen LogP contribution is -2.25. The summed E-state index contributed by atoms with van der Waals surface area (Å²) in [7, 11) is 0. The molecule has 1 N–H and O–H groups in total. The minimum absolute atomic E-state index is 0.00574. The van der Waals surface area contributed by atoms with E-state index in [4.69, 9.17) is 0 Å². The highest BCUT2D eigenvalue weighted by atomic mass is 79.9. The third kappa shape index (κ3) is 4.02. The first-order valence-electron chi connectivity index (χ1n) is 4.61. The number of halogens is 1. The SMILES string of the molecule is O=C([O-])C=CC(=O)Nc1ccc(Br)cc1C(=O)[O-]. The summed E-state index contributed by atoms with van der Waals surface area (Å²) in [4.78, 5) is 32.2. The van der Waals surface area contributed by atoms with Crippen molar-refractivity contribution in [1.82, 2.24) is 0 Å². The van der Waals surface area contributed by atoms with Crippen molar-refractivity contribution in [2.75, 3.05) is 5.32 Å². The van der Waals surface area contributed by atoms with E-state index in [1.165, 1.54) is 18.2 Å². The van der Waals surface area contributed by atoms with Crippen LogP contribution in [0.2, 0.25) is 0 Å². The third-order valence-corrected chi connectivity index (χ3v) is 2.32. The van der Waals surface area contributed by atoms with E-state index in [1.807, 2.05) is 0 Å². The van der Waals surface area contributed by atoms with Crippen LogP contribution in [-0.2, 0) is 9.59 Å². The van der Waals surface area contributed by atoms with Gasteiger partial charge in [0.15, 0.2) is 0 Å². The molecule has 0 fully saturated rings. The number of carbonyl (C=O) groups excluding carboxylic acids is 3. The highest BCUT2D eigenvalue weighted by molar-refractivity contribution is 9.10. The standard InChI is InChI=1S/C11H8BrNO5/c12-6-1-2-8(7(5-6)11(17)18)13-9(14)3-4-10(15)16/h1-5H,(H,13,14)(H,15,16)(H,17,18)/p-2. The lowest BCUT2D eigenvalue weighted by atomic mass is 10.2. The number of hydrogen-bond acceptors (Lipinski definition) is 5. The molecule has 1 aromatic carbocycles. The fraction of sp³-hybridized carbons (Fsp3) is 0. The summed E-state index contributed by atoms with van der Waals surface area (Å²) in [5.74, 6) is -3.78.